The minimum absolute atomic E-state index is 0.0493. The number of furan rings is 1. The van der Waals surface area contributed by atoms with Crippen molar-refractivity contribution in [2.75, 3.05) is 12.4 Å². The summed E-state index contributed by atoms with van der Waals surface area (Å²) in [5.74, 6) is -0.811. The Morgan fingerprint density at radius 1 is 1.38 bits per heavy atom. The zero-order valence-corrected chi connectivity index (χ0v) is 11.7. The minimum atomic E-state index is -0.600. The second-order valence-corrected chi connectivity index (χ2v) is 4.84. The zero-order chi connectivity index (χ0) is 15.0. The summed E-state index contributed by atoms with van der Waals surface area (Å²) in [5, 5.41) is 3.26. The van der Waals surface area contributed by atoms with Crippen molar-refractivity contribution in [3.05, 3.63) is 52.4 Å². The summed E-state index contributed by atoms with van der Waals surface area (Å²) >= 11 is 5.96. The Bertz CT molecular complexity index is 776. The standard InChI is InChI=1S/C15H10ClNO4/c1-20-15(19)13-8(4-5-21-13)6-11-10-7-9(16)2-3-12(10)17-14(11)18/h2-7H,1H3,(H,17,18)/b11-6+. The summed E-state index contributed by atoms with van der Waals surface area (Å²) in [6, 6.07) is 6.71. The van der Waals surface area contributed by atoms with E-state index in [9.17, 15) is 9.59 Å². The highest BCUT2D eigenvalue weighted by Gasteiger charge is 2.25. The molecule has 1 aliphatic rings. The van der Waals surface area contributed by atoms with Crippen LogP contribution in [0.25, 0.3) is 11.6 Å². The average molecular weight is 304 g/mol. The van der Waals surface area contributed by atoms with Crippen molar-refractivity contribution in [2.24, 2.45) is 0 Å². The summed E-state index contributed by atoms with van der Waals surface area (Å²) in [6.07, 6.45) is 2.94. The number of carbonyl (C=O) groups excluding carboxylic acids is 2. The van der Waals surface area contributed by atoms with E-state index in [0.29, 0.717) is 27.4 Å². The molecule has 1 aromatic heterocycles. The van der Waals surface area contributed by atoms with Crippen LogP contribution in [0.4, 0.5) is 5.69 Å². The normalized spacial score (nSPS) is 15.0. The molecular formula is C15H10ClNO4. The van der Waals surface area contributed by atoms with Gasteiger partial charge in [0.05, 0.1) is 13.4 Å². The van der Waals surface area contributed by atoms with Crippen LogP contribution < -0.4 is 5.32 Å². The molecule has 0 bridgehead atoms. The molecule has 0 fully saturated rings. The summed E-state index contributed by atoms with van der Waals surface area (Å²) < 4.78 is 9.73. The SMILES string of the molecule is COC(=O)c1occc1/C=C1/C(=O)Nc2ccc(Cl)cc21. The quantitative estimate of drug-likeness (QED) is 0.683. The van der Waals surface area contributed by atoms with Crippen molar-refractivity contribution in [2.45, 2.75) is 0 Å². The van der Waals surface area contributed by atoms with E-state index in [2.05, 4.69) is 10.1 Å². The Morgan fingerprint density at radius 3 is 2.95 bits per heavy atom. The molecule has 3 rings (SSSR count). The van der Waals surface area contributed by atoms with E-state index in [1.165, 1.54) is 13.4 Å². The van der Waals surface area contributed by atoms with Gasteiger partial charge in [0.25, 0.3) is 5.91 Å². The van der Waals surface area contributed by atoms with E-state index in [0.717, 1.165) is 0 Å². The molecule has 1 amide bonds. The number of hydrogen-bond acceptors (Lipinski definition) is 4. The number of anilines is 1. The number of rotatable bonds is 2. The molecule has 1 aliphatic heterocycles. The first kappa shape index (κ1) is 13.5. The smallest absolute Gasteiger partial charge is 0.374 e. The molecule has 0 saturated heterocycles. The molecule has 0 saturated carbocycles. The Hall–Kier alpha value is -2.53. The van der Waals surface area contributed by atoms with Crippen molar-refractivity contribution >= 4 is 40.8 Å². The van der Waals surface area contributed by atoms with Gasteiger partial charge in [-0.2, -0.15) is 0 Å². The van der Waals surface area contributed by atoms with Crippen LogP contribution in [0.1, 0.15) is 21.7 Å². The largest absolute Gasteiger partial charge is 0.463 e. The molecule has 6 heteroatoms. The molecule has 0 radical (unpaired) electrons. The molecule has 0 atom stereocenters. The maximum atomic E-state index is 12.1. The highest BCUT2D eigenvalue weighted by atomic mass is 35.5. The molecule has 2 heterocycles. The van der Waals surface area contributed by atoms with Gasteiger partial charge in [0.15, 0.2) is 0 Å². The van der Waals surface area contributed by atoms with Gasteiger partial charge in [-0.05, 0) is 30.3 Å². The van der Waals surface area contributed by atoms with E-state index in [1.54, 1.807) is 30.3 Å². The molecule has 1 N–H and O–H groups in total. The summed E-state index contributed by atoms with van der Waals surface area (Å²) in [7, 11) is 1.26. The van der Waals surface area contributed by atoms with E-state index in [4.69, 9.17) is 16.0 Å². The van der Waals surface area contributed by atoms with Crippen LogP contribution in [0.2, 0.25) is 5.02 Å². The molecule has 21 heavy (non-hydrogen) atoms. The van der Waals surface area contributed by atoms with Gasteiger partial charge in [0, 0.05) is 27.4 Å². The van der Waals surface area contributed by atoms with Gasteiger partial charge in [-0.15, -0.1) is 0 Å². The second kappa shape index (κ2) is 5.10. The molecule has 0 spiro atoms. The summed E-state index contributed by atoms with van der Waals surface area (Å²) in [5.41, 5.74) is 2.25. The number of nitrogens with one attached hydrogen (secondary N) is 1. The van der Waals surface area contributed by atoms with Crippen molar-refractivity contribution in [3.8, 4) is 0 Å². The Labute approximate surface area is 125 Å². The number of halogens is 1. The third-order valence-corrected chi connectivity index (χ3v) is 3.37. The molecule has 106 valence electrons. The van der Waals surface area contributed by atoms with Crippen molar-refractivity contribution < 1.29 is 18.7 Å². The lowest BCUT2D eigenvalue weighted by atomic mass is 10.0. The zero-order valence-electron chi connectivity index (χ0n) is 11.0. The molecule has 0 unspecified atom stereocenters. The minimum Gasteiger partial charge on any atom is -0.463 e. The maximum absolute atomic E-state index is 12.1. The molecule has 0 aliphatic carbocycles. The number of benzene rings is 1. The van der Waals surface area contributed by atoms with Gasteiger partial charge < -0.3 is 14.5 Å². The van der Waals surface area contributed by atoms with E-state index >= 15 is 0 Å². The predicted molar refractivity (Wildman–Crippen MR) is 78.0 cm³/mol. The van der Waals surface area contributed by atoms with Crippen molar-refractivity contribution in [1.82, 2.24) is 0 Å². The third kappa shape index (κ3) is 2.32. The van der Waals surface area contributed by atoms with Crippen LogP contribution in [0.3, 0.4) is 0 Å². The number of fused-ring (bicyclic) bond motifs is 1. The monoisotopic (exact) mass is 303 g/mol. The van der Waals surface area contributed by atoms with Gasteiger partial charge in [0.1, 0.15) is 0 Å². The number of amides is 1. The van der Waals surface area contributed by atoms with E-state index in [1.807, 2.05) is 0 Å². The van der Waals surface area contributed by atoms with Crippen molar-refractivity contribution in [1.29, 1.82) is 0 Å². The second-order valence-electron chi connectivity index (χ2n) is 4.40. The third-order valence-electron chi connectivity index (χ3n) is 3.13. The average Bonchev–Trinajstić information content (AvgIpc) is 3.04. The summed E-state index contributed by atoms with van der Waals surface area (Å²) in [4.78, 5) is 23.6. The lowest BCUT2D eigenvalue weighted by Crippen LogP contribution is -2.04. The predicted octanol–water partition coefficient (Wildman–Crippen LogP) is 3.21. The Kier molecular flexibility index (Phi) is 3.27. The molecule has 1 aromatic carbocycles. The van der Waals surface area contributed by atoms with Crippen LogP contribution in [-0.2, 0) is 9.53 Å². The van der Waals surface area contributed by atoms with Gasteiger partial charge in [-0.1, -0.05) is 11.6 Å². The van der Waals surface area contributed by atoms with Gasteiger partial charge in [-0.25, -0.2) is 4.79 Å². The molecule has 2 aromatic rings. The van der Waals surface area contributed by atoms with Crippen molar-refractivity contribution in [3.63, 3.8) is 0 Å². The van der Waals surface area contributed by atoms with Crippen LogP contribution >= 0.6 is 11.6 Å². The summed E-state index contributed by atoms with van der Waals surface area (Å²) in [6.45, 7) is 0. The van der Waals surface area contributed by atoms with Crippen LogP contribution in [0.15, 0.2) is 34.9 Å². The lowest BCUT2D eigenvalue weighted by Gasteiger charge is -2.00. The first-order chi connectivity index (χ1) is 10.1. The van der Waals surface area contributed by atoms with Crippen LogP contribution in [-0.4, -0.2) is 19.0 Å². The fourth-order valence-electron chi connectivity index (χ4n) is 2.15. The number of methoxy groups -OCH3 is 1. The maximum Gasteiger partial charge on any atom is 0.374 e. The van der Waals surface area contributed by atoms with E-state index < -0.39 is 5.97 Å². The van der Waals surface area contributed by atoms with Crippen LogP contribution in [0.5, 0.6) is 0 Å². The number of ether oxygens (including phenoxy) is 1. The topological polar surface area (TPSA) is 68.5 Å². The van der Waals surface area contributed by atoms with Gasteiger partial charge in [-0.3, -0.25) is 4.79 Å². The van der Waals surface area contributed by atoms with Gasteiger partial charge >= 0.3 is 5.97 Å². The highest BCUT2D eigenvalue weighted by Crippen LogP contribution is 2.35. The van der Waals surface area contributed by atoms with Crippen LogP contribution in [0, 0.1) is 0 Å². The molecular weight excluding hydrogens is 294 g/mol. The Morgan fingerprint density at radius 2 is 2.19 bits per heavy atom. The number of hydrogen-bond donors (Lipinski definition) is 1. The fraction of sp³-hybridized carbons (Fsp3) is 0.0667. The highest BCUT2D eigenvalue weighted by molar-refractivity contribution is 6.36. The first-order valence-corrected chi connectivity index (χ1v) is 6.46. The Balaban J connectivity index is 2.09. The van der Waals surface area contributed by atoms with E-state index in [-0.39, 0.29) is 11.7 Å². The lowest BCUT2D eigenvalue weighted by molar-refractivity contribution is -0.110. The van der Waals surface area contributed by atoms with Gasteiger partial charge in [0.2, 0.25) is 5.76 Å². The first-order valence-electron chi connectivity index (χ1n) is 6.09. The fourth-order valence-corrected chi connectivity index (χ4v) is 2.32. The number of esters is 1. The molecule has 5 nitrogen and oxygen atoms in total. The number of carbonyl (C=O) groups is 2.